The first-order valence-corrected chi connectivity index (χ1v) is 12.1. The van der Waals surface area contributed by atoms with Crippen LogP contribution in [0.15, 0.2) is 55.7 Å². The van der Waals surface area contributed by atoms with E-state index >= 15 is 0 Å². The highest BCUT2D eigenvalue weighted by molar-refractivity contribution is 9.11. The zero-order valence-corrected chi connectivity index (χ0v) is 19.3. The molecule has 2 aromatic rings. The summed E-state index contributed by atoms with van der Waals surface area (Å²) in [6.45, 7) is 1.74. The van der Waals surface area contributed by atoms with Gasteiger partial charge in [0.25, 0.3) is 0 Å². The van der Waals surface area contributed by atoms with Crippen LogP contribution in [0.3, 0.4) is 0 Å². The van der Waals surface area contributed by atoms with E-state index in [0.29, 0.717) is 15.1 Å². The number of sulfone groups is 1. The molecule has 0 fully saturated rings. The zero-order valence-electron chi connectivity index (χ0n) is 16.1. The number of urea groups is 1. The SMILES string of the molecule is CCOC(=O)C1=C(CS(=O)(=O)c2ccc(Br)s2)NC(=O)N[C@@H]1c1cccc(OC)c1. The Morgan fingerprint density at radius 3 is 2.67 bits per heavy atom. The molecule has 1 aliphatic heterocycles. The fourth-order valence-electron chi connectivity index (χ4n) is 2.98. The summed E-state index contributed by atoms with van der Waals surface area (Å²) in [5.41, 5.74) is 0.569. The number of hydrogen-bond donors (Lipinski definition) is 2. The molecule has 1 atom stereocenters. The predicted molar refractivity (Wildman–Crippen MR) is 115 cm³/mol. The normalized spacial score (nSPS) is 16.6. The maximum atomic E-state index is 12.9. The van der Waals surface area contributed by atoms with E-state index in [0.717, 1.165) is 11.3 Å². The van der Waals surface area contributed by atoms with Crippen molar-refractivity contribution in [2.75, 3.05) is 19.5 Å². The smallest absolute Gasteiger partial charge is 0.338 e. The van der Waals surface area contributed by atoms with E-state index < -0.39 is 33.6 Å². The molecule has 8 nitrogen and oxygen atoms in total. The maximum absolute atomic E-state index is 12.9. The molecule has 0 radical (unpaired) electrons. The molecule has 0 unspecified atom stereocenters. The number of nitrogens with one attached hydrogen (secondary N) is 2. The van der Waals surface area contributed by atoms with Crippen LogP contribution in [0.5, 0.6) is 5.75 Å². The standard InChI is InChI=1S/C19H19BrN2O6S2/c1-3-28-18(23)16-13(10-30(25,26)15-8-7-14(20)29-15)21-19(24)22-17(16)11-5-4-6-12(9-11)27-2/h4-9,17H,3,10H2,1-2H3,(H2,21,22,24)/t17-/m1/s1. The molecule has 0 saturated heterocycles. The first-order valence-electron chi connectivity index (χ1n) is 8.85. The number of carbonyl (C=O) groups is 2. The molecule has 0 spiro atoms. The van der Waals surface area contributed by atoms with Gasteiger partial charge in [-0.2, -0.15) is 0 Å². The van der Waals surface area contributed by atoms with Crippen LogP contribution in [0.2, 0.25) is 0 Å². The third kappa shape index (κ3) is 4.85. The van der Waals surface area contributed by atoms with Gasteiger partial charge in [0.05, 0.1) is 34.9 Å². The molecule has 2 amide bonds. The summed E-state index contributed by atoms with van der Waals surface area (Å²) in [5, 5.41) is 5.15. The third-order valence-electron chi connectivity index (χ3n) is 4.27. The van der Waals surface area contributed by atoms with Gasteiger partial charge < -0.3 is 20.1 Å². The first kappa shape index (κ1) is 22.3. The molecule has 1 aromatic heterocycles. The lowest BCUT2D eigenvalue weighted by atomic mass is 9.95. The molecule has 3 rings (SSSR count). The Morgan fingerprint density at radius 2 is 2.03 bits per heavy atom. The Bertz CT molecular complexity index is 1110. The monoisotopic (exact) mass is 514 g/mol. The molecule has 2 N–H and O–H groups in total. The van der Waals surface area contributed by atoms with Gasteiger partial charge in [-0.25, -0.2) is 18.0 Å². The number of ether oxygens (including phenoxy) is 2. The van der Waals surface area contributed by atoms with Crippen molar-refractivity contribution in [3.63, 3.8) is 0 Å². The number of methoxy groups -OCH3 is 1. The molecule has 2 heterocycles. The van der Waals surface area contributed by atoms with Crippen LogP contribution in [0.25, 0.3) is 0 Å². The number of hydrogen-bond acceptors (Lipinski definition) is 7. The Kier molecular flexibility index (Phi) is 6.84. The van der Waals surface area contributed by atoms with Crippen LogP contribution in [-0.4, -0.2) is 39.9 Å². The van der Waals surface area contributed by atoms with Gasteiger partial charge in [-0.05, 0) is 52.7 Å². The summed E-state index contributed by atoms with van der Waals surface area (Å²) in [6, 6.07) is 8.39. The topological polar surface area (TPSA) is 111 Å². The van der Waals surface area contributed by atoms with E-state index in [2.05, 4.69) is 26.6 Å². The van der Waals surface area contributed by atoms with E-state index in [4.69, 9.17) is 9.47 Å². The summed E-state index contributed by atoms with van der Waals surface area (Å²) in [4.78, 5) is 25.1. The third-order valence-corrected chi connectivity index (χ3v) is 8.11. The van der Waals surface area contributed by atoms with Crippen LogP contribution >= 0.6 is 27.3 Å². The minimum Gasteiger partial charge on any atom is -0.497 e. The maximum Gasteiger partial charge on any atom is 0.338 e. The van der Waals surface area contributed by atoms with Crippen LogP contribution in [0.4, 0.5) is 4.79 Å². The van der Waals surface area contributed by atoms with Gasteiger partial charge in [0.2, 0.25) is 0 Å². The van der Waals surface area contributed by atoms with E-state index in [1.807, 2.05) is 0 Å². The van der Waals surface area contributed by atoms with Crippen LogP contribution < -0.4 is 15.4 Å². The number of halogens is 1. The summed E-state index contributed by atoms with van der Waals surface area (Å²) >= 11 is 4.30. The molecule has 160 valence electrons. The number of benzene rings is 1. The summed E-state index contributed by atoms with van der Waals surface area (Å²) < 4.78 is 37.0. The van der Waals surface area contributed by atoms with Crippen molar-refractivity contribution < 1.29 is 27.5 Å². The van der Waals surface area contributed by atoms with Crippen molar-refractivity contribution in [1.82, 2.24) is 10.6 Å². The van der Waals surface area contributed by atoms with Crippen LogP contribution in [-0.2, 0) is 19.4 Å². The second-order valence-corrected chi connectivity index (χ2v) is 10.9. The van der Waals surface area contributed by atoms with Gasteiger partial charge >= 0.3 is 12.0 Å². The minimum atomic E-state index is -3.81. The lowest BCUT2D eigenvalue weighted by Gasteiger charge is -2.29. The Hall–Kier alpha value is -2.37. The van der Waals surface area contributed by atoms with Gasteiger partial charge in [-0.3, -0.25) is 0 Å². The number of thiophene rings is 1. The summed E-state index contributed by atoms with van der Waals surface area (Å²) in [6.07, 6.45) is 0. The predicted octanol–water partition coefficient (Wildman–Crippen LogP) is 3.16. The molecule has 0 aliphatic carbocycles. The number of amides is 2. The first-order chi connectivity index (χ1) is 14.2. The Balaban J connectivity index is 2.10. The molecular weight excluding hydrogens is 496 g/mol. The Morgan fingerprint density at radius 1 is 1.27 bits per heavy atom. The zero-order chi connectivity index (χ0) is 21.9. The van der Waals surface area contributed by atoms with Crippen molar-refractivity contribution in [3.05, 3.63) is 57.0 Å². The number of rotatable bonds is 7. The summed E-state index contributed by atoms with van der Waals surface area (Å²) in [7, 11) is -2.31. The van der Waals surface area contributed by atoms with E-state index in [-0.39, 0.29) is 22.1 Å². The van der Waals surface area contributed by atoms with E-state index in [1.165, 1.54) is 13.2 Å². The van der Waals surface area contributed by atoms with E-state index in [9.17, 15) is 18.0 Å². The minimum absolute atomic E-state index is 0.0189. The summed E-state index contributed by atoms with van der Waals surface area (Å²) in [5.74, 6) is -0.737. The molecular formula is C19H19BrN2O6S2. The largest absolute Gasteiger partial charge is 0.497 e. The fraction of sp³-hybridized carbons (Fsp3) is 0.263. The lowest BCUT2D eigenvalue weighted by Crippen LogP contribution is -2.47. The second-order valence-electron chi connectivity index (χ2n) is 6.24. The lowest BCUT2D eigenvalue weighted by molar-refractivity contribution is -0.139. The highest BCUT2D eigenvalue weighted by atomic mass is 79.9. The van der Waals surface area contributed by atoms with Crippen LogP contribution in [0, 0.1) is 0 Å². The van der Waals surface area contributed by atoms with Crippen molar-refractivity contribution in [2.45, 2.75) is 17.2 Å². The quantitative estimate of drug-likeness (QED) is 0.549. The average Bonchev–Trinajstić information content (AvgIpc) is 3.15. The van der Waals surface area contributed by atoms with Crippen molar-refractivity contribution in [3.8, 4) is 5.75 Å². The van der Waals surface area contributed by atoms with Gasteiger partial charge in [0.15, 0.2) is 9.84 Å². The van der Waals surface area contributed by atoms with Crippen molar-refractivity contribution >= 4 is 49.1 Å². The molecule has 1 aromatic carbocycles. The van der Waals surface area contributed by atoms with Crippen LogP contribution in [0.1, 0.15) is 18.5 Å². The van der Waals surface area contributed by atoms with Gasteiger partial charge in [0, 0.05) is 5.70 Å². The number of esters is 1. The van der Waals surface area contributed by atoms with Crippen molar-refractivity contribution in [2.24, 2.45) is 0 Å². The highest BCUT2D eigenvalue weighted by Gasteiger charge is 2.36. The van der Waals surface area contributed by atoms with E-state index in [1.54, 1.807) is 37.3 Å². The molecule has 11 heteroatoms. The van der Waals surface area contributed by atoms with Gasteiger partial charge in [-0.15, -0.1) is 11.3 Å². The molecule has 30 heavy (non-hydrogen) atoms. The van der Waals surface area contributed by atoms with Gasteiger partial charge in [0.1, 0.15) is 9.96 Å². The molecule has 0 bridgehead atoms. The van der Waals surface area contributed by atoms with Gasteiger partial charge in [-0.1, -0.05) is 12.1 Å². The average molecular weight is 515 g/mol. The fourth-order valence-corrected chi connectivity index (χ4v) is 6.40. The number of carbonyl (C=O) groups excluding carboxylic acids is 2. The highest BCUT2D eigenvalue weighted by Crippen LogP contribution is 2.32. The Labute approximate surface area is 186 Å². The van der Waals surface area contributed by atoms with Crippen molar-refractivity contribution in [1.29, 1.82) is 0 Å². The second kappa shape index (κ2) is 9.19. The molecule has 0 saturated carbocycles. The molecule has 1 aliphatic rings.